The van der Waals surface area contributed by atoms with Gasteiger partial charge in [0.05, 0.1) is 24.6 Å². The molecule has 0 atom stereocenters. The molecule has 1 fully saturated rings. The van der Waals surface area contributed by atoms with E-state index in [1.54, 1.807) is 0 Å². The van der Waals surface area contributed by atoms with E-state index in [-0.39, 0.29) is 24.6 Å². The second kappa shape index (κ2) is 8.07. The van der Waals surface area contributed by atoms with Gasteiger partial charge in [0.1, 0.15) is 0 Å². The number of carbonyl (C=O) groups is 1. The Balaban J connectivity index is 2.38. The Morgan fingerprint density at radius 1 is 1.29 bits per heavy atom. The molecule has 1 aliphatic rings. The molecule has 7 nitrogen and oxygen atoms in total. The first kappa shape index (κ1) is 18.3. The summed E-state index contributed by atoms with van der Waals surface area (Å²) in [5.41, 5.74) is -0.918. The van der Waals surface area contributed by atoms with Crippen LogP contribution < -0.4 is 5.32 Å². The summed E-state index contributed by atoms with van der Waals surface area (Å²) in [4.78, 5) is 11.7. The molecule has 1 rings (SSSR count). The molecule has 0 aliphatic carbocycles. The van der Waals surface area contributed by atoms with Gasteiger partial charge in [0.2, 0.25) is 15.9 Å². The fraction of sp³-hybridized carbons (Fsp3) is 0.923. The average Bonchev–Trinajstić information content (AvgIpc) is 2.51. The van der Waals surface area contributed by atoms with Crippen molar-refractivity contribution < 1.29 is 23.1 Å². The molecule has 0 aromatic rings. The first-order valence-electron chi connectivity index (χ1n) is 7.37. The zero-order valence-corrected chi connectivity index (χ0v) is 13.6. The van der Waals surface area contributed by atoms with Crippen LogP contribution in [0.5, 0.6) is 0 Å². The van der Waals surface area contributed by atoms with Crippen molar-refractivity contribution in [3.05, 3.63) is 0 Å². The minimum atomic E-state index is -3.41. The van der Waals surface area contributed by atoms with E-state index in [1.165, 1.54) is 4.31 Å². The predicted octanol–water partition coefficient (Wildman–Crippen LogP) is -0.294. The number of carbonyl (C=O) groups excluding carboxylic acids is 1. The molecule has 21 heavy (non-hydrogen) atoms. The van der Waals surface area contributed by atoms with E-state index in [0.717, 1.165) is 0 Å². The van der Waals surface area contributed by atoms with Gasteiger partial charge in [-0.15, -0.1) is 0 Å². The predicted molar refractivity (Wildman–Crippen MR) is 79.3 cm³/mol. The average molecular weight is 322 g/mol. The summed E-state index contributed by atoms with van der Waals surface area (Å²) < 4.78 is 30.6. The summed E-state index contributed by atoms with van der Waals surface area (Å²) in [6, 6.07) is 0. The fourth-order valence-electron chi connectivity index (χ4n) is 2.03. The van der Waals surface area contributed by atoms with Crippen LogP contribution in [0.4, 0.5) is 0 Å². The van der Waals surface area contributed by atoms with Gasteiger partial charge < -0.3 is 15.2 Å². The molecular formula is C13H26N2O5S. The van der Waals surface area contributed by atoms with Crippen LogP contribution in [-0.4, -0.2) is 67.9 Å². The minimum absolute atomic E-state index is 0.0940. The van der Waals surface area contributed by atoms with E-state index in [1.807, 2.05) is 13.8 Å². The third-order valence-corrected chi connectivity index (χ3v) is 5.75. The molecule has 1 aliphatic heterocycles. The van der Waals surface area contributed by atoms with Gasteiger partial charge in [-0.1, -0.05) is 13.8 Å². The van der Waals surface area contributed by atoms with Crippen molar-refractivity contribution in [2.45, 2.75) is 38.7 Å². The number of nitrogens with one attached hydrogen (secondary N) is 1. The van der Waals surface area contributed by atoms with Crippen LogP contribution in [0.15, 0.2) is 0 Å². The molecule has 0 bridgehead atoms. The smallest absolute Gasteiger partial charge is 0.221 e. The molecule has 0 spiro atoms. The molecule has 1 saturated heterocycles. The maximum atomic E-state index is 12.0. The Bertz CT molecular complexity index is 428. The number of ether oxygens (including phenoxy) is 1. The standard InChI is InChI=1S/C13H26N2O5S/c1-3-13(17,4-2)11-14-12(16)5-10-21(18,19)15-6-8-20-9-7-15/h17H,3-11H2,1-2H3,(H,14,16). The van der Waals surface area contributed by atoms with Crippen LogP contribution in [0.3, 0.4) is 0 Å². The van der Waals surface area contributed by atoms with Crippen molar-refractivity contribution in [1.82, 2.24) is 9.62 Å². The van der Waals surface area contributed by atoms with E-state index in [9.17, 15) is 18.3 Å². The Morgan fingerprint density at radius 2 is 1.86 bits per heavy atom. The van der Waals surface area contributed by atoms with Gasteiger partial charge in [0.25, 0.3) is 0 Å². The number of amides is 1. The summed E-state index contributed by atoms with van der Waals surface area (Å²) >= 11 is 0. The van der Waals surface area contributed by atoms with E-state index in [4.69, 9.17) is 4.74 Å². The number of sulfonamides is 1. The SMILES string of the molecule is CCC(O)(CC)CNC(=O)CCS(=O)(=O)N1CCOCC1. The molecule has 8 heteroatoms. The van der Waals surface area contributed by atoms with Crippen LogP contribution in [0, 0.1) is 0 Å². The fourth-order valence-corrected chi connectivity index (χ4v) is 3.43. The van der Waals surface area contributed by atoms with Gasteiger partial charge in [-0.3, -0.25) is 4.79 Å². The van der Waals surface area contributed by atoms with Crippen molar-refractivity contribution in [1.29, 1.82) is 0 Å². The lowest BCUT2D eigenvalue weighted by atomic mass is 9.97. The molecule has 0 unspecified atom stereocenters. The van der Waals surface area contributed by atoms with Crippen molar-refractivity contribution in [3.8, 4) is 0 Å². The maximum Gasteiger partial charge on any atom is 0.221 e. The number of aliphatic hydroxyl groups is 1. The molecule has 124 valence electrons. The van der Waals surface area contributed by atoms with Crippen LogP contribution >= 0.6 is 0 Å². The maximum absolute atomic E-state index is 12.0. The van der Waals surface area contributed by atoms with E-state index in [0.29, 0.717) is 39.1 Å². The lowest BCUT2D eigenvalue weighted by molar-refractivity contribution is -0.122. The summed E-state index contributed by atoms with van der Waals surface area (Å²) in [6.07, 6.45) is 0.981. The highest BCUT2D eigenvalue weighted by Crippen LogP contribution is 2.13. The molecule has 0 aromatic carbocycles. The van der Waals surface area contributed by atoms with Gasteiger partial charge in [-0.25, -0.2) is 8.42 Å². The van der Waals surface area contributed by atoms with Crippen molar-refractivity contribution in [2.24, 2.45) is 0 Å². The first-order valence-corrected chi connectivity index (χ1v) is 8.98. The molecule has 0 saturated carbocycles. The van der Waals surface area contributed by atoms with E-state index in [2.05, 4.69) is 5.32 Å². The number of hydrogen-bond acceptors (Lipinski definition) is 5. The van der Waals surface area contributed by atoms with E-state index < -0.39 is 15.6 Å². The normalized spacial score (nSPS) is 17.7. The molecular weight excluding hydrogens is 296 g/mol. The second-order valence-electron chi connectivity index (χ2n) is 5.29. The van der Waals surface area contributed by atoms with Crippen molar-refractivity contribution in [2.75, 3.05) is 38.6 Å². The monoisotopic (exact) mass is 322 g/mol. The summed E-state index contributed by atoms with van der Waals surface area (Å²) in [5.74, 6) is -0.567. The molecule has 0 aromatic heterocycles. The van der Waals surface area contributed by atoms with Gasteiger partial charge in [-0.05, 0) is 12.8 Å². The van der Waals surface area contributed by atoms with Gasteiger partial charge in [0, 0.05) is 26.1 Å². The van der Waals surface area contributed by atoms with Crippen LogP contribution in [0.2, 0.25) is 0 Å². The lowest BCUT2D eigenvalue weighted by Crippen LogP contribution is -2.44. The Hall–Kier alpha value is -0.700. The highest BCUT2D eigenvalue weighted by atomic mass is 32.2. The Morgan fingerprint density at radius 3 is 2.38 bits per heavy atom. The number of hydrogen-bond donors (Lipinski definition) is 2. The summed E-state index contributed by atoms with van der Waals surface area (Å²) in [6.45, 7) is 5.31. The third kappa shape index (κ3) is 5.90. The summed E-state index contributed by atoms with van der Waals surface area (Å²) in [7, 11) is -3.41. The minimum Gasteiger partial charge on any atom is -0.388 e. The topological polar surface area (TPSA) is 95.9 Å². The van der Waals surface area contributed by atoms with E-state index >= 15 is 0 Å². The number of morpholine rings is 1. The molecule has 0 radical (unpaired) electrons. The van der Waals surface area contributed by atoms with Gasteiger partial charge in [-0.2, -0.15) is 4.31 Å². The zero-order valence-electron chi connectivity index (χ0n) is 12.8. The van der Waals surface area contributed by atoms with Gasteiger partial charge in [0.15, 0.2) is 0 Å². The Kier molecular flexibility index (Phi) is 7.05. The highest BCUT2D eigenvalue weighted by Gasteiger charge is 2.26. The van der Waals surface area contributed by atoms with Crippen LogP contribution in [-0.2, 0) is 19.6 Å². The quantitative estimate of drug-likeness (QED) is 0.640. The van der Waals surface area contributed by atoms with Crippen LogP contribution in [0.25, 0.3) is 0 Å². The third-order valence-electron chi connectivity index (χ3n) is 3.88. The molecule has 2 N–H and O–H groups in total. The largest absolute Gasteiger partial charge is 0.388 e. The number of nitrogens with zero attached hydrogens (tertiary/aromatic N) is 1. The Labute approximate surface area is 126 Å². The second-order valence-corrected chi connectivity index (χ2v) is 7.37. The summed E-state index contributed by atoms with van der Waals surface area (Å²) in [5, 5.41) is 12.7. The molecule has 1 amide bonds. The van der Waals surface area contributed by atoms with Gasteiger partial charge >= 0.3 is 0 Å². The lowest BCUT2D eigenvalue weighted by Gasteiger charge is -2.26. The zero-order chi connectivity index (χ0) is 15.9. The van der Waals surface area contributed by atoms with Crippen molar-refractivity contribution >= 4 is 15.9 Å². The molecule has 1 heterocycles. The number of rotatable bonds is 8. The first-order chi connectivity index (χ1) is 9.83. The van der Waals surface area contributed by atoms with Crippen LogP contribution in [0.1, 0.15) is 33.1 Å². The van der Waals surface area contributed by atoms with Crippen molar-refractivity contribution in [3.63, 3.8) is 0 Å². The highest BCUT2D eigenvalue weighted by molar-refractivity contribution is 7.89.